The van der Waals surface area contributed by atoms with Crippen LogP contribution in [-0.2, 0) is 11.0 Å². The molecule has 0 bridgehead atoms. The Hall–Kier alpha value is -4.66. The molecule has 8 nitrogen and oxygen atoms in total. The maximum atomic E-state index is 15.1. The third kappa shape index (κ3) is 5.20. The van der Waals surface area contributed by atoms with Crippen LogP contribution in [0, 0.1) is 17.7 Å². The molecule has 1 aromatic carbocycles. The molecule has 1 saturated heterocycles. The van der Waals surface area contributed by atoms with Crippen LogP contribution in [0.2, 0.25) is 0 Å². The molecular formula is C27H22F4N6O2. The highest BCUT2D eigenvalue weighted by atomic mass is 19.4. The van der Waals surface area contributed by atoms with E-state index in [4.69, 9.17) is 15.5 Å². The molecule has 5 rings (SSSR count). The minimum absolute atomic E-state index is 0.105. The van der Waals surface area contributed by atoms with Crippen molar-refractivity contribution in [1.82, 2.24) is 24.3 Å². The van der Waals surface area contributed by atoms with Gasteiger partial charge < -0.3 is 15.4 Å². The molecule has 1 aliphatic rings. The molecule has 4 heterocycles. The molecule has 39 heavy (non-hydrogen) atoms. The first kappa shape index (κ1) is 26.0. The number of pyridine rings is 1. The molecule has 12 heteroatoms. The van der Waals surface area contributed by atoms with Crippen LogP contribution in [0.4, 0.5) is 23.5 Å². The summed E-state index contributed by atoms with van der Waals surface area (Å²) in [4.78, 5) is 26.7. The summed E-state index contributed by atoms with van der Waals surface area (Å²) >= 11 is 0. The zero-order valence-electron chi connectivity index (χ0n) is 20.7. The monoisotopic (exact) mass is 538 g/mol. The summed E-state index contributed by atoms with van der Waals surface area (Å²) in [6, 6.07) is 7.20. The fourth-order valence-electron chi connectivity index (χ4n) is 4.63. The van der Waals surface area contributed by atoms with Gasteiger partial charge in [0.1, 0.15) is 5.82 Å². The highest BCUT2D eigenvalue weighted by Gasteiger charge is 2.31. The van der Waals surface area contributed by atoms with E-state index in [2.05, 4.69) is 21.8 Å². The number of ether oxygens (including phenoxy) is 1. The number of aromatic nitrogens is 4. The standard InChI is InChI=1S/C27H22F4N6O2/c1-2-4-23(38)36-12-3-5-17(15-36)24-20-9-11-34-26(32)37(20)25(35-24)16-6-7-21(19(28)13-16)39-22-14-18(8-10-33-22)27(29,30)31/h6-11,13-14,17H,3,5,12,15H2,1H3,(H2,32,34). The van der Waals surface area contributed by atoms with E-state index < -0.39 is 23.4 Å². The Kier molecular flexibility index (Phi) is 6.82. The molecule has 0 saturated carbocycles. The Morgan fingerprint density at radius 1 is 1.15 bits per heavy atom. The molecule has 0 aliphatic carbocycles. The Labute approximate surface area is 220 Å². The molecule has 3 aromatic heterocycles. The fourth-order valence-corrected chi connectivity index (χ4v) is 4.63. The van der Waals surface area contributed by atoms with Gasteiger partial charge in [-0.25, -0.2) is 19.3 Å². The summed E-state index contributed by atoms with van der Waals surface area (Å²) < 4.78 is 61.1. The van der Waals surface area contributed by atoms with Crippen LogP contribution in [0.1, 0.15) is 36.9 Å². The van der Waals surface area contributed by atoms with E-state index in [1.807, 2.05) is 0 Å². The second kappa shape index (κ2) is 10.2. The number of fused-ring (bicyclic) bond motifs is 1. The van der Waals surface area contributed by atoms with E-state index in [0.717, 1.165) is 31.2 Å². The third-order valence-electron chi connectivity index (χ3n) is 6.40. The normalized spacial score (nSPS) is 15.6. The first-order chi connectivity index (χ1) is 18.7. The predicted octanol–water partition coefficient (Wildman–Crippen LogP) is 5.05. The van der Waals surface area contributed by atoms with Gasteiger partial charge in [-0.15, -0.1) is 0 Å². The number of piperidine rings is 1. The van der Waals surface area contributed by atoms with E-state index in [0.29, 0.717) is 41.8 Å². The Morgan fingerprint density at radius 3 is 2.69 bits per heavy atom. The van der Waals surface area contributed by atoms with Gasteiger partial charge in [-0.3, -0.25) is 9.20 Å². The zero-order chi connectivity index (χ0) is 27.7. The van der Waals surface area contributed by atoms with Crippen LogP contribution < -0.4 is 10.5 Å². The maximum Gasteiger partial charge on any atom is 0.416 e. The third-order valence-corrected chi connectivity index (χ3v) is 6.40. The lowest BCUT2D eigenvalue weighted by Crippen LogP contribution is -2.38. The van der Waals surface area contributed by atoms with E-state index >= 15 is 4.39 Å². The first-order valence-corrected chi connectivity index (χ1v) is 12.0. The molecular weight excluding hydrogens is 516 g/mol. The zero-order valence-corrected chi connectivity index (χ0v) is 20.7. The van der Waals surface area contributed by atoms with Gasteiger partial charge in [0.2, 0.25) is 11.8 Å². The maximum absolute atomic E-state index is 15.1. The number of carbonyl (C=O) groups is 1. The van der Waals surface area contributed by atoms with Gasteiger partial charge in [0.05, 0.1) is 16.8 Å². The van der Waals surface area contributed by atoms with Gasteiger partial charge in [0.25, 0.3) is 5.91 Å². The number of likely N-dealkylation sites (tertiary alicyclic amines) is 1. The summed E-state index contributed by atoms with van der Waals surface area (Å²) in [6.07, 6.45) is -0.562. The Balaban J connectivity index is 1.49. The van der Waals surface area contributed by atoms with Gasteiger partial charge in [-0.1, -0.05) is 5.92 Å². The topological polar surface area (TPSA) is 98.6 Å². The van der Waals surface area contributed by atoms with Crippen LogP contribution in [0.5, 0.6) is 11.6 Å². The molecule has 0 radical (unpaired) electrons. The number of nitrogen functional groups attached to an aromatic ring is 1. The van der Waals surface area contributed by atoms with Crippen molar-refractivity contribution in [1.29, 1.82) is 0 Å². The van der Waals surface area contributed by atoms with Crippen molar-refractivity contribution in [2.45, 2.75) is 31.9 Å². The molecule has 1 amide bonds. The van der Waals surface area contributed by atoms with E-state index in [1.54, 1.807) is 28.5 Å². The van der Waals surface area contributed by atoms with Gasteiger partial charge >= 0.3 is 6.18 Å². The molecule has 1 aliphatic heterocycles. The first-order valence-electron chi connectivity index (χ1n) is 12.0. The highest BCUT2D eigenvalue weighted by molar-refractivity contribution is 5.93. The van der Waals surface area contributed by atoms with Crippen LogP contribution in [0.25, 0.3) is 16.9 Å². The average Bonchev–Trinajstić information content (AvgIpc) is 3.31. The summed E-state index contributed by atoms with van der Waals surface area (Å²) in [5, 5.41) is 0. The van der Waals surface area contributed by atoms with Crippen molar-refractivity contribution in [2.24, 2.45) is 0 Å². The number of nitrogens with two attached hydrogens (primary N) is 1. The van der Waals surface area contributed by atoms with Crippen molar-refractivity contribution in [3.8, 4) is 34.9 Å². The van der Waals surface area contributed by atoms with E-state index in [1.165, 1.54) is 12.1 Å². The molecule has 200 valence electrons. The van der Waals surface area contributed by atoms with Gasteiger partial charge in [0, 0.05) is 43.0 Å². The quantitative estimate of drug-likeness (QED) is 0.288. The molecule has 2 N–H and O–H groups in total. The van der Waals surface area contributed by atoms with Crippen LogP contribution >= 0.6 is 0 Å². The van der Waals surface area contributed by atoms with Crippen molar-refractivity contribution >= 4 is 17.4 Å². The Bertz CT molecular complexity index is 1620. The van der Waals surface area contributed by atoms with Gasteiger partial charge in [0.15, 0.2) is 11.6 Å². The Morgan fingerprint density at radius 2 is 1.95 bits per heavy atom. The number of benzene rings is 1. The summed E-state index contributed by atoms with van der Waals surface area (Å²) in [6.45, 7) is 2.63. The predicted molar refractivity (Wildman–Crippen MR) is 134 cm³/mol. The van der Waals surface area contributed by atoms with Crippen molar-refractivity contribution in [3.05, 3.63) is 65.9 Å². The SMILES string of the molecule is CC#CC(=O)N1CCCC(c2nc(-c3ccc(Oc4cc(C(F)(F)F)ccn4)c(F)c3)n3c(N)nccc23)C1. The van der Waals surface area contributed by atoms with Gasteiger partial charge in [-0.05, 0) is 56.0 Å². The molecule has 1 fully saturated rings. The minimum Gasteiger partial charge on any atom is -0.436 e. The number of halogens is 4. The second-order valence-electron chi connectivity index (χ2n) is 8.94. The van der Waals surface area contributed by atoms with Crippen LogP contribution in [-0.4, -0.2) is 43.2 Å². The largest absolute Gasteiger partial charge is 0.436 e. The van der Waals surface area contributed by atoms with E-state index in [9.17, 15) is 18.0 Å². The number of rotatable bonds is 4. The lowest BCUT2D eigenvalue weighted by molar-refractivity contribution is -0.137. The number of imidazole rings is 1. The van der Waals surface area contributed by atoms with Crippen molar-refractivity contribution in [3.63, 3.8) is 0 Å². The minimum atomic E-state index is -4.59. The number of anilines is 1. The number of alkyl halides is 3. The molecule has 1 atom stereocenters. The van der Waals surface area contributed by atoms with Crippen molar-refractivity contribution in [2.75, 3.05) is 18.8 Å². The second-order valence-corrected chi connectivity index (χ2v) is 8.94. The van der Waals surface area contributed by atoms with Gasteiger partial charge in [-0.2, -0.15) is 13.2 Å². The smallest absolute Gasteiger partial charge is 0.416 e. The highest BCUT2D eigenvalue weighted by Crippen LogP contribution is 2.36. The lowest BCUT2D eigenvalue weighted by Gasteiger charge is -2.30. The fraction of sp³-hybridized carbons (Fsp3) is 0.259. The molecule has 0 spiro atoms. The summed E-state index contributed by atoms with van der Waals surface area (Å²) in [5.41, 5.74) is 6.93. The van der Waals surface area contributed by atoms with Crippen molar-refractivity contribution < 1.29 is 27.1 Å². The van der Waals surface area contributed by atoms with Crippen LogP contribution in [0.3, 0.4) is 0 Å². The number of hydrogen-bond acceptors (Lipinski definition) is 6. The summed E-state index contributed by atoms with van der Waals surface area (Å²) in [5.74, 6) is 3.76. The van der Waals surface area contributed by atoms with E-state index in [-0.39, 0.29) is 23.5 Å². The number of amides is 1. The molecule has 4 aromatic rings. The number of nitrogens with zero attached hydrogens (tertiary/aromatic N) is 5. The number of carbonyl (C=O) groups excluding carboxylic acids is 1. The number of hydrogen-bond donors (Lipinski definition) is 1. The average molecular weight is 539 g/mol. The summed E-state index contributed by atoms with van der Waals surface area (Å²) in [7, 11) is 0. The van der Waals surface area contributed by atoms with Crippen LogP contribution in [0.15, 0.2) is 48.8 Å². The molecule has 1 unspecified atom stereocenters. The lowest BCUT2D eigenvalue weighted by atomic mass is 9.94.